The van der Waals surface area contributed by atoms with Crippen molar-refractivity contribution in [1.29, 1.82) is 0 Å². The van der Waals surface area contributed by atoms with Gasteiger partial charge in [0.05, 0.1) is 5.69 Å². The van der Waals surface area contributed by atoms with Crippen LogP contribution in [0.4, 0.5) is 23.0 Å². The van der Waals surface area contributed by atoms with E-state index in [0.29, 0.717) is 17.3 Å². The molecule has 0 amide bonds. The zero-order valence-corrected chi connectivity index (χ0v) is 13.7. The number of anilines is 2. The summed E-state index contributed by atoms with van der Waals surface area (Å²) >= 11 is 0. The Bertz CT molecular complexity index is 794. The summed E-state index contributed by atoms with van der Waals surface area (Å²) in [6.45, 7) is 3.83. The highest BCUT2D eigenvalue weighted by Gasteiger charge is 1.92. The van der Waals surface area contributed by atoms with Gasteiger partial charge in [-0.25, -0.2) is 9.97 Å². The Morgan fingerprint density at radius 2 is 1.33 bits per heavy atom. The molecule has 6 heteroatoms. The van der Waals surface area contributed by atoms with E-state index in [9.17, 15) is 0 Å². The predicted molar refractivity (Wildman–Crippen MR) is 97.4 cm³/mol. The third kappa shape index (κ3) is 5.84. The van der Waals surface area contributed by atoms with E-state index in [4.69, 9.17) is 11.5 Å². The molecule has 2 aromatic heterocycles. The normalized spacial score (nSPS) is 10.2. The SMILES string of the molecule is Cc1cccc(N)n1.Cc1cccc(N=Nc2ccc(N)cc2)n1. The van der Waals surface area contributed by atoms with Crippen LogP contribution in [-0.2, 0) is 0 Å². The van der Waals surface area contributed by atoms with Crippen LogP contribution in [0, 0.1) is 13.8 Å². The van der Waals surface area contributed by atoms with Crippen LogP contribution in [-0.4, -0.2) is 9.97 Å². The van der Waals surface area contributed by atoms with Gasteiger partial charge in [0.2, 0.25) is 0 Å². The summed E-state index contributed by atoms with van der Waals surface area (Å²) in [6.07, 6.45) is 0. The molecular weight excluding hydrogens is 300 g/mol. The highest BCUT2D eigenvalue weighted by molar-refractivity contribution is 5.47. The van der Waals surface area contributed by atoms with E-state index in [-0.39, 0.29) is 0 Å². The van der Waals surface area contributed by atoms with Crippen molar-refractivity contribution in [2.45, 2.75) is 13.8 Å². The predicted octanol–water partition coefficient (Wildman–Crippen LogP) is 4.36. The second kappa shape index (κ2) is 8.38. The Morgan fingerprint density at radius 3 is 1.88 bits per heavy atom. The number of aromatic nitrogens is 2. The van der Waals surface area contributed by atoms with E-state index in [0.717, 1.165) is 17.1 Å². The van der Waals surface area contributed by atoms with E-state index in [1.807, 2.05) is 56.3 Å². The van der Waals surface area contributed by atoms with Crippen LogP contribution in [0.1, 0.15) is 11.4 Å². The summed E-state index contributed by atoms with van der Waals surface area (Å²) in [5.41, 5.74) is 14.3. The molecule has 0 unspecified atom stereocenters. The number of azo groups is 1. The number of aryl methyl sites for hydroxylation is 2. The maximum Gasteiger partial charge on any atom is 0.174 e. The van der Waals surface area contributed by atoms with Crippen molar-refractivity contribution in [3.63, 3.8) is 0 Å². The van der Waals surface area contributed by atoms with Gasteiger partial charge < -0.3 is 11.5 Å². The molecular formula is C18H20N6. The average Bonchev–Trinajstić information content (AvgIpc) is 2.55. The number of benzene rings is 1. The van der Waals surface area contributed by atoms with Crippen molar-refractivity contribution in [2.75, 3.05) is 11.5 Å². The molecule has 24 heavy (non-hydrogen) atoms. The van der Waals surface area contributed by atoms with Crippen LogP contribution < -0.4 is 11.5 Å². The first-order valence-corrected chi connectivity index (χ1v) is 7.43. The number of hydrogen-bond donors (Lipinski definition) is 2. The minimum absolute atomic E-state index is 0.588. The quantitative estimate of drug-likeness (QED) is 0.541. The van der Waals surface area contributed by atoms with Gasteiger partial charge in [-0.1, -0.05) is 12.1 Å². The van der Waals surface area contributed by atoms with Crippen molar-refractivity contribution in [1.82, 2.24) is 9.97 Å². The minimum atomic E-state index is 0.588. The third-order valence-corrected chi connectivity index (χ3v) is 2.94. The zero-order chi connectivity index (χ0) is 17.4. The summed E-state index contributed by atoms with van der Waals surface area (Å²) in [7, 11) is 0. The molecule has 6 nitrogen and oxygen atoms in total. The first-order chi connectivity index (χ1) is 11.5. The average molecular weight is 320 g/mol. The molecule has 0 aliphatic rings. The van der Waals surface area contributed by atoms with Gasteiger partial charge in [-0.15, -0.1) is 10.2 Å². The fourth-order valence-electron chi connectivity index (χ4n) is 1.80. The van der Waals surface area contributed by atoms with Crippen LogP contribution in [0.3, 0.4) is 0 Å². The maximum absolute atomic E-state index is 5.57. The first-order valence-electron chi connectivity index (χ1n) is 7.43. The first kappa shape index (κ1) is 17.1. The molecule has 0 bridgehead atoms. The van der Waals surface area contributed by atoms with Crippen molar-refractivity contribution >= 4 is 23.0 Å². The molecule has 1 aromatic carbocycles. The topological polar surface area (TPSA) is 103 Å². The maximum atomic E-state index is 5.57. The molecule has 2 heterocycles. The van der Waals surface area contributed by atoms with Gasteiger partial charge in [0.25, 0.3) is 0 Å². The Morgan fingerprint density at radius 1 is 0.708 bits per heavy atom. The lowest BCUT2D eigenvalue weighted by Gasteiger charge is -1.95. The largest absolute Gasteiger partial charge is 0.399 e. The molecule has 0 spiro atoms. The molecule has 3 aromatic rings. The summed E-state index contributed by atoms with van der Waals surface area (Å²) < 4.78 is 0. The summed E-state index contributed by atoms with van der Waals surface area (Å²) in [6, 6.07) is 18.4. The Kier molecular flexibility index (Phi) is 5.96. The van der Waals surface area contributed by atoms with Crippen LogP contribution in [0.2, 0.25) is 0 Å². The number of rotatable bonds is 2. The second-order valence-electron chi connectivity index (χ2n) is 5.13. The molecule has 122 valence electrons. The molecule has 0 radical (unpaired) electrons. The summed E-state index contributed by atoms with van der Waals surface area (Å²) in [5.74, 6) is 1.20. The van der Waals surface area contributed by atoms with Crippen molar-refractivity contribution < 1.29 is 0 Å². The van der Waals surface area contributed by atoms with E-state index in [2.05, 4.69) is 20.2 Å². The highest BCUT2D eigenvalue weighted by atomic mass is 15.1. The van der Waals surface area contributed by atoms with Gasteiger partial charge in [0.15, 0.2) is 5.82 Å². The lowest BCUT2D eigenvalue weighted by atomic mass is 10.3. The standard InChI is InChI=1S/C12H12N4.C6H8N2/c1-9-3-2-4-12(14-9)16-15-11-7-5-10(13)6-8-11;1-5-3-2-4-6(7)8-5/h2-8H,13H2,1H3;2-4H,1H3,(H2,7,8). The summed E-state index contributed by atoms with van der Waals surface area (Å²) in [5, 5.41) is 8.11. The van der Waals surface area contributed by atoms with Gasteiger partial charge >= 0.3 is 0 Å². The zero-order valence-electron chi connectivity index (χ0n) is 13.7. The molecule has 0 aliphatic heterocycles. The number of nitrogens with zero attached hydrogens (tertiary/aromatic N) is 4. The van der Waals surface area contributed by atoms with Gasteiger partial charge in [-0.2, -0.15) is 0 Å². The Balaban J connectivity index is 0.000000219. The molecule has 3 rings (SSSR count). The highest BCUT2D eigenvalue weighted by Crippen LogP contribution is 2.17. The van der Waals surface area contributed by atoms with Gasteiger partial charge in [-0.05, 0) is 62.4 Å². The van der Waals surface area contributed by atoms with E-state index >= 15 is 0 Å². The molecule has 0 atom stereocenters. The lowest BCUT2D eigenvalue weighted by molar-refractivity contribution is 1.11. The number of pyridine rings is 2. The molecule has 0 saturated carbocycles. The van der Waals surface area contributed by atoms with Gasteiger partial charge in [0.1, 0.15) is 5.82 Å². The van der Waals surface area contributed by atoms with E-state index < -0.39 is 0 Å². The van der Waals surface area contributed by atoms with Crippen LogP contribution in [0.15, 0.2) is 70.9 Å². The minimum Gasteiger partial charge on any atom is -0.399 e. The number of nitrogens with two attached hydrogens (primary N) is 2. The third-order valence-electron chi connectivity index (χ3n) is 2.94. The number of nitrogen functional groups attached to an aromatic ring is 2. The van der Waals surface area contributed by atoms with Crippen molar-refractivity contribution in [2.24, 2.45) is 10.2 Å². The van der Waals surface area contributed by atoms with Gasteiger partial charge in [0, 0.05) is 17.1 Å². The monoisotopic (exact) mass is 320 g/mol. The van der Waals surface area contributed by atoms with Crippen molar-refractivity contribution in [3.8, 4) is 0 Å². The molecule has 0 saturated heterocycles. The van der Waals surface area contributed by atoms with Crippen LogP contribution in [0.5, 0.6) is 0 Å². The van der Waals surface area contributed by atoms with E-state index in [1.165, 1.54) is 0 Å². The summed E-state index contributed by atoms with van der Waals surface area (Å²) in [4.78, 5) is 8.17. The molecule has 4 N–H and O–H groups in total. The van der Waals surface area contributed by atoms with Crippen LogP contribution in [0.25, 0.3) is 0 Å². The molecule has 0 aliphatic carbocycles. The smallest absolute Gasteiger partial charge is 0.174 e. The molecule has 0 fully saturated rings. The Labute approximate surface area is 141 Å². The number of hydrogen-bond acceptors (Lipinski definition) is 6. The second-order valence-corrected chi connectivity index (χ2v) is 5.13. The van der Waals surface area contributed by atoms with Crippen LogP contribution >= 0.6 is 0 Å². The fourth-order valence-corrected chi connectivity index (χ4v) is 1.80. The van der Waals surface area contributed by atoms with Gasteiger partial charge in [-0.3, -0.25) is 0 Å². The van der Waals surface area contributed by atoms with Crippen molar-refractivity contribution in [3.05, 3.63) is 72.1 Å². The fraction of sp³-hybridized carbons (Fsp3) is 0.111. The van der Waals surface area contributed by atoms with E-state index in [1.54, 1.807) is 18.2 Å². The Hall–Kier alpha value is -3.28. The lowest BCUT2D eigenvalue weighted by Crippen LogP contribution is -1.89.